The van der Waals surface area contributed by atoms with Crippen LogP contribution in [0.15, 0.2) is 59.5 Å². The molecule has 10 heteroatoms. The zero-order valence-corrected chi connectivity index (χ0v) is 15.7. The molecule has 0 saturated heterocycles. The van der Waals surface area contributed by atoms with Crippen LogP contribution in [0.2, 0.25) is 0 Å². The summed E-state index contributed by atoms with van der Waals surface area (Å²) in [5, 5.41) is 8.15. The summed E-state index contributed by atoms with van der Waals surface area (Å²) >= 11 is 0. The van der Waals surface area contributed by atoms with Crippen molar-refractivity contribution in [3.63, 3.8) is 0 Å². The van der Waals surface area contributed by atoms with Gasteiger partial charge in [0.15, 0.2) is 5.69 Å². The van der Waals surface area contributed by atoms with E-state index in [1.165, 1.54) is 0 Å². The minimum atomic E-state index is -0.459. The number of aryl methyl sites for hydroxylation is 1. The maximum atomic E-state index is 12.4. The number of rotatable bonds is 6. The van der Waals surface area contributed by atoms with Crippen molar-refractivity contribution in [3.05, 3.63) is 66.2 Å². The highest BCUT2D eigenvalue weighted by Crippen LogP contribution is 2.23. The Bertz CT molecular complexity index is 1140. The topological polar surface area (TPSA) is 120 Å². The minimum absolute atomic E-state index is 0.0462. The number of carbonyl (C=O) groups excluding carboxylic acids is 1. The molecule has 2 N–H and O–H groups in total. The Kier molecular flexibility index (Phi) is 4.89. The lowest BCUT2D eigenvalue weighted by Crippen LogP contribution is -2.30. The number of hydrogen-bond acceptors (Lipinski definition) is 8. The molecule has 0 spiro atoms. The van der Waals surface area contributed by atoms with Crippen molar-refractivity contribution in [2.24, 2.45) is 0 Å². The van der Waals surface area contributed by atoms with Crippen LogP contribution >= 0.6 is 0 Å². The van der Waals surface area contributed by atoms with Crippen LogP contribution in [0.3, 0.4) is 0 Å². The first-order valence-electron chi connectivity index (χ1n) is 8.65. The van der Waals surface area contributed by atoms with Crippen LogP contribution in [0.25, 0.3) is 17.1 Å². The number of hydrogen-bond donors (Lipinski definition) is 2. The van der Waals surface area contributed by atoms with E-state index in [0.29, 0.717) is 11.6 Å². The van der Waals surface area contributed by atoms with Gasteiger partial charge in [0.05, 0.1) is 7.11 Å². The van der Waals surface area contributed by atoms with E-state index in [4.69, 9.17) is 9.26 Å². The summed E-state index contributed by atoms with van der Waals surface area (Å²) in [7, 11) is 1.58. The second kappa shape index (κ2) is 7.80. The molecule has 0 radical (unpaired) electrons. The number of ether oxygens (including phenoxy) is 1. The number of aromatic nitrogens is 5. The first-order valence-corrected chi connectivity index (χ1v) is 8.65. The smallest absolute Gasteiger partial charge is 0.340 e. The van der Waals surface area contributed by atoms with Gasteiger partial charge in [0, 0.05) is 24.2 Å². The van der Waals surface area contributed by atoms with Gasteiger partial charge in [-0.2, -0.15) is 10.1 Å². The van der Waals surface area contributed by atoms with Gasteiger partial charge >= 0.3 is 6.01 Å². The number of methoxy groups -OCH3 is 1. The summed E-state index contributed by atoms with van der Waals surface area (Å²) in [5.41, 5.74) is 7.79. The molecule has 3 aromatic heterocycles. The van der Waals surface area contributed by atoms with E-state index >= 15 is 0 Å². The number of carbonyl (C=O) groups is 1. The molecule has 3 heterocycles. The largest absolute Gasteiger partial charge is 0.494 e. The molecule has 0 atom stereocenters. The SMILES string of the molecule is COc1ccc(C)cc1-n1ccc(C(=O)NNc2nc(-c3ccncc3)no2)n1. The molecule has 4 aromatic rings. The zero-order chi connectivity index (χ0) is 20.2. The summed E-state index contributed by atoms with van der Waals surface area (Å²) in [6.45, 7) is 1.97. The minimum Gasteiger partial charge on any atom is -0.494 e. The van der Waals surface area contributed by atoms with Crippen LogP contribution in [-0.2, 0) is 0 Å². The number of benzene rings is 1. The van der Waals surface area contributed by atoms with Crippen molar-refractivity contribution in [2.45, 2.75) is 6.92 Å². The van der Waals surface area contributed by atoms with E-state index in [-0.39, 0.29) is 11.7 Å². The van der Waals surface area contributed by atoms with E-state index < -0.39 is 5.91 Å². The quantitative estimate of drug-likeness (QED) is 0.481. The molecule has 0 bridgehead atoms. The van der Waals surface area contributed by atoms with Gasteiger partial charge in [0.1, 0.15) is 11.4 Å². The van der Waals surface area contributed by atoms with E-state index in [2.05, 4.69) is 31.1 Å². The molecule has 29 heavy (non-hydrogen) atoms. The molecule has 0 unspecified atom stereocenters. The Morgan fingerprint density at radius 1 is 1.17 bits per heavy atom. The van der Waals surface area contributed by atoms with E-state index in [0.717, 1.165) is 16.8 Å². The molecule has 1 amide bonds. The predicted octanol–water partition coefficient (Wildman–Crippen LogP) is 2.39. The highest BCUT2D eigenvalue weighted by atomic mass is 16.5. The third-order valence-electron chi connectivity index (χ3n) is 4.05. The first kappa shape index (κ1) is 18.2. The van der Waals surface area contributed by atoms with Crippen molar-refractivity contribution in [2.75, 3.05) is 12.5 Å². The van der Waals surface area contributed by atoms with E-state index in [1.54, 1.807) is 48.6 Å². The van der Waals surface area contributed by atoms with Gasteiger partial charge in [0.2, 0.25) is 5.82 Å². The predicted molar refractivity (Wildman–Crippen MR) is 103 cm³/mol. The summed E-state index contributed by atoms with van der Waals surface area (Å²) in [4.78, 5) is 20.5. The lowest BCUT2D eigenvalue weighted by Gasteiger charge is -2.09. The molecule has 0 aliphatic rings. The Morgan fingerprint density at radius 2 is 2.00 bits per heavy atom. The average Bonchev–Trinajstić information content (AvgIpc) is 3.43. The van der Waals surface area contributed by atoms with Gasteiger partial charge in [-0.25, -0.2) is 10.1 Å². The van der Waals surface area contributed by atoms with E-state index in [9.17, 15) is 4.79 Å². The van der Waals surface area contributed by atoms with Gasteiger partial charge in [-0.05, 0) is 42.8 Å². The van der Waals surface area contributed by atoms with Crippen molar-refractivity contribution in [1.82, 2.24) is 30.3 Å². The molecule has 0 aliphatic heterocycles. The fraction of sp³-hybridized carbons (Fsp3) is 0.105. The zero-order valence-electron chi connectivity index (χ0n) is 15.7. The molecule has 10 nitrogen and oxygen atoms in total. The number of amides is 1. The summed E-state index contributed by atoms with van der Waals surface area (Å²) in [6.07, 6.45) is 4.93. The molecule has 4 rings (SSSR count). The number of pyridine rings is 1. The van der Waals surface area contributed by atoms with Crippen molar-refractivity contribution >= 4 is 11.9 Å². The van der Waals surface area contributed by atoms with Crippen molar-refractivity contribution in [3.8, 4) is 22.8 Å². The van der Waals surface area contributed by atoms with Crippen LogP contribution in [0, 0.1) is 6.92 Å². The van der Waals surface area contributed by atoms with Crippen molar-refractivity contribution in [1.29, 1.82) is 0 Å². The molecule has 0 aliphatic carbocycles. The molecule has 1 aromatic carbocycles. The van der Waals surface area contributed by atoms with Gasteiger partial charge in [-0.1, -0.05) is 11.2 Å². The Balaban J connectivity index is 1.44. The van der Waals surface area contributed by atoms with Crippen LogP contribution in [0.5, 0.6) is 5.75 Å². The highest BCUT2D eigenvalue weighted by molar-refractivity contribution is 5.92. The number of anilines is 1. The van der Waals surface area contributed by atoms with Crippen LogP contribution in [0.1, 0.15) is 16.1 Å². The lowest BCUT2D eigenvalue weighted by atomic mass is 10.2. The fourth-order valence-corrected chi connectivity index (χ4v) is 2.63. The second-order valence-electron chi connectivity index (χ2n) is 6.06. The van der Waals surface area contributed by atoms with E-state index in [1.807, 2.05) is 25.1 Å². The normalized spacial score (nSPS) is 10.6. The van der Waals surface area contributed by atoms with Crippen LogP contribution in [0.4, 0.5) is 6.01 Å². The standard InChI is InChI=1S/C19H17N7O3/c1-12-3-4-16(28-2)15(11-12)26-10-7-14(24-26)18(27)22-23-19-21-17(25-29-19)13-5-8-20-9-6-13/h3-11H,1-2H3,(H,22,27)(H,21,23,25). The van der Waals surface area contributed by atoms with Crippen LogP contribution in [-0.4, -0.2) is 37.9 Å². The summed E-state index contributed by atoms with van der Waals surface area (Å²) < 4.78 is 12.0. The average molecular weight is 391 g/mol. The third-order valence-corrected chi connectivity index (χ3v) is 4.05. The molecular formula is C19H17N7O3. The van der Waals surface area contributed by atoms with Gasteiger partial charge in [-0.3, -0.25) is 15.2 Å². The number of hydrazine groups is 1. The summed E-state index contributed by atoms with van der Waals surface area (Å²) in [6, 6.07) is 10.8. The monoisotopic (exact) mass is 391 g/mol. The van der Waals surface area contributed by atoms with Crippen LogP contribution < -0.4 is 15.6 Å². The number of nitrogens with zero attached hydrogens (tertiary/aromatic N) is 5. The fourth-order valence-electron chi connectivity index (χ4n) is 2.63. The molecule has 0 fully saturated rings. The maximum Gasteiger partial charge on any atom is 0.340 e. The first-order chi connectivity index (χ1) is 14.1. The maximum absolute atomic E-state index is 12.4. The summed E-state index contributed by atoms with van der Waals surface area (Å²) in [5.74, 6) is 0.567. The van der Waals surface area contributed by atoms with Gasteiger partial charge < -0.3 is 9.26 Å². The van der Waals surface area contributed by atoms with Gasteiger partial charge in [0.25, 0.3) is 5.91 Å². The number of nitrogens with one attached hydrogen (secondary N) is 2. The Hall–Kier alpha value is -4.21. The Morgan fingerprint density at radius 3 is 2.79 bits per heavy atom. The van der Waals surface area contributed by atoms with Gasteiger partial charge in [-0.15, -0.1) is 0 Å². The second-order valence-corrected chi connectivity index (χ2v) is 6.06. The lowest BCUT2D eigenvalue weighted by molar-refractivity contribution is 0.0955. The molecule has 0 saturated carbocycles. The highest BCUT2D eigenvalue weighted by Gasteiger charge is 2.14. The van der Waals surface area contributed by atoms with Crippen molar-refractivity contribution < 1.29 is 14.1 Å². The molecule has 146 valence electrons. The molecular weight excluding hydrogens is 374 g/mol. The third kappa shape index (κ3) is 3.90. The Labute approximate surface area is 165 Å².